The van der Waals surface area contributed by atoms with E-state index in [4.69, 9.17) is 79.1 Å². The molecule has 140 valence electrons. The van der Waals surface area contributed by atoms with Crippen LogP contribution < -0.4 is 9.47 Å². The predicted molar refractivity (Wildman–Crippen MR) is 107 cm³/mol. The van der Waals surface area contributed by atoms with Gasteiger partial charge in [-0.2, -0.15) is 0 Å². The second-order valence-electron chi connectivity index (χ2n) is 4.84. The minimum atomic E-state index is -1.89. The highest BCUT2D eigenvalue weighted by Crippen LogP contribution is 2.44. The van der Waals surface area contributed by atoms with Gasteiger partial charge in [0.2, 0.25) is 7.59 Å². The van der Waals surface area contributed by atoms with Crippen LogP contribution >= 0.6 is 69.6 Å². The van der Waals surface area contributed by atoms with Crippen molar-refractivity contribution in [1.82, 2.24) is 15.4 Å². The van der Waals surface area contributed by atoms with Gasteiger partial charge in [-0.25, -0.2) is 0 Å². The molecule has 0 aliphatic carbocycles. The van der Waals surface area contributed by atoms with Crippen molar-refractivity contribution in [3.05, 3.63) is 40.7 Å². The number of alkyl halides is 6. The molecule has 0 bridgehead atoms. The van der Waals surface area contributed by atoms with Crippen LogP contribution in [-0.2, 0) is 7.59 Å². The topological polar surface area (TPSA) is 57.1 Å². The summed E-state index contributed by atoms with van der Waals surface area (Å²) in [7, 11) is 3.08. The number of benzene rings is 1. The monoisotopic (exact) mass is 475 g/mol. The molecule has 2 rings (SSSR count). The van der Waals surface area contributed by atoms with Crippen molar-refractivity contribution in [2.75, 3.05) is 14.2 Å². The molecule has 0 saturated carbocycles. The Kier molecular flexibility index (Phi) is 7.10. The molecule has 0 saturated heterocycles. The Bertz CT molecular complexity index is 786. The smallest absolute Gasteiger partial charge is 0.235 e. The first-order chi connectivity index (χ1) is 12.1. The van der Waals surface area contributed by atoms with Crippen LogP contribution in [0.1, 0.15) is 22.5 Å². The average molecular weight is 478 g/mol. The van der Waals surface area contributed by atoms with Crippen molar-refractivity contribution in [1.29, 1.82) is 0 Å². The lowest BCUT2D eigenvalue weighted by molar-refractivity contribution is 0.355. The van der Waals surface area contributed by atoms with E-state index in [-0.39, 0.29) is 17.0 Å². The number of methoxy groups -OCH3 is 2. The maximum atomic E-state index is 5.96. The van der Waals surface area contributed by atoms with E-state index in [1.807, 2.05) is 0 Å². The second kappa shape index (κ2) is 8.55. The third-order valence-electron chi connectivity index (χ3n) is 3.19. The van der Waals surface area contributed by atoms with Gasteiger partial charge in [-0.15, -0.1) is 10.2 Å². The standard InChI is InChI=1S/C15H11Cl6N3O2/c1-25-10-6-4-8(7-11(10)26-2)3-5-9-12(14(16,17)18)22-24-23-13(9)15(19,20)21/h3-7H,1-2H3. The van der Waals surface area contributed by atoms with E-state index in [2.05, 4.69) is 15.4 Å². The summed E-state index contributed by atoms with van der Waals surface area (Å²) in [5.41, 5.74) is 0.950. The minimum Gasteiger partial charge on any atom is -0.493 e. The summed E-state index contributed by atoms with van der Waals surface area (Å²) < 4.78 is 6.68. The summed E-state index contributed by atoms with van der Waals surface area (Å²) in [6, 6.07) is 5.29. The summed E-state index contributed by atoms with van der Waals surface area (Å²) in [6.45, 7) is 0. The van der Waals surface area contributed by atoms with E-state index in [0.717, 1.165) is 5.56 Å². The van der Waals surface area contributed by atoms with Crippen LogP contribution in [0.5, 0.6) is 11.5 Å². The molecule has 0 fully saturated rings. The van der Waals surface area contributed by atoms with Crippen LogP contribution in [0.15, 0.2) is 18.2 Å². The van der Waals surface area contributed by atoms with E-state index >= 15 is 0 Å². The van der Waals surface area contributed by atoms with Gasteiger partial charge >= 0.3 is 0 Å². The van der Waals surface area contributed by atoms with Gasteiger partial charge < -0.3 is 9.47 Å². The zero-order valence-corrected chi connectivity index (χ0v) is 17.8. The SMILES string of the molecule is COc1ccc(C=Cc2c(C(Cl)(Cl)Cl)nnnc2C(Cl)(Cl)Cl)cc1OC. The fraction of sp³-hybridized carbons (Fsp3) is 0.267. The molecule has 0 radical (unpaired) electrons. The Morgan fingerprint density at radius 3 is 1.81 bits per heavy atom. The number of halogens is 6. The van der Waals surface area contributed by atoms with Gasteiger partial charge in [0.25, 0.3) is 0 Å². The summed E-state index contributed by atoms with van der Waals surface area (Å²) >= 11 is 35.7. The minimum absolute atomic E-state index is 0.0180. The fourth-order valence-corrected chi connectivity index (χ4v) is 2.88. The lowest BCUT2D eigenvalue weighted by Gasteiger charge is -2.18. The van der Waals surface area contributed by atoms with Gasteiger partial charge in [0, 0.05) is 5.56 Å². The van der Waals surface area contributed by atoms with Gasteiger partial charge in [-0.05, 0) is 22.9 Å². The van der Waals surface area contributed by atoms with E-state index < -0.39 is 7.59 Å². The summed E-state index contributed by atoms with van der Waals surface area (Å²) in [5.74, 6) is 1.13. The normalized spacial score (nSPS) is 12.5. The maximum Gasteiger partial charge on any atom is 0.235 e. The molecule has 0 aliphatic heterocycles. The van der Waals surface area contributed by atoms with Crippen molar-refractivity contribution in [3.63, 3.8) is 0 Å². The number of hydrogen-bond acceptors (Lipinski definition) is 5. The Hall–Kier alpha value is -0.690. The molecule has 0 aliphatic rings. The molecule has 0 N–H and O–H groups in total. The van der Waals surface area contributed by atoms with Crippen molar-refractivity contribution in [2.24, 2.45) is 0 Å². The Labute approximate surface area is 180 Å². The zero-order chi connectivity index (χ0) is 19.5. The van der Waals surface area contributed by atoms with E-state index in [0.29, 0.717) is 11.5 Å². The van der Waals surface area contributed by atoms with E-state index in [9.17, 15) is 0 Å². The van der Waals surface area contributed by atoms with Gasteiger partial charge in [-0.1, -0.05) is 87.8 Å². The number of aromatic nitrogens is 3. The molecular weight excluding hydrogens is 467 g/mol. The molecule has 11 heteroatoms. The third kappa shape index (κ3) is 5.18. The average Bonchev–Trinajstić information content (AvgIpc) is 2.57. The molecule has 2 aromatic rings. The molecule has 0 atom stereocenters. The highest BCUT2D eigenvalue weighted by atomic mass is 35.6. The molecule has 1 heterocycles. The Balaban J connectivity index is 2.56. The Morgan fingerprint density at radius 1 is 0.808 bits per heavy atom. The van der Waals surface area contributed by atoms with Crippen LogP contribution in [0.25, 0.3) is 12.2 Å². The Morgan fingerprint density at radius 2 is 1.35 bits per heavy atom. The molecule has 0 unspecified atom stereocenters. The maximum absolute atomic E-state index is 5.96. The number of hydrogen-bond donors (Lipinski definition) is 0. The van der Waals surface area contributed by atoms with Crippen molar-refractivity contribution < 1.29 is 9.47 Å². The molecule has 0 spiro atoms. The van der Waals surface area contributed by atoms with E-state index in [1.54, 1.807) is 37.5 Å². The highest BCUT2D eigenvalue weighted by Gasteiger charge is 2.36. The first kappa shape index (κ1) is 21.6. The summed E-state index contributed by atoms with van der Waals surface area (Å²) in [4.78, 5) is 0. The second-order valence-corrected chi connectivity index (χ2v) is 9.41. The van der Waals surface area contributed by atoms with Gasteiger partial charge in [-0.3, -0.25) is 0 Å². The lowest BCUT2D eigenvalue weighted by atomic mass is 10.1. The molecule has 0 amide bonds. The van der Waals surface area contributed by atoms with Crippen LogP contribution in [0.3, 0.4) is 0 Å². The number of ether oxygens (including phenoxy) is 2. The van der Waals surface area contributed by atoms with Crippen molar-refractivity contribution >= 4 is 81.8 Å². The fourth-order valence-electron chi connectivity index (χ4n) is 2.04. The van der Waals surface area contributed by atoms with Gasteiger partial charge in [0.1, 0.15) is 11.4 Å². The lowest BCUT2D eigenvalue weighted by Crippen LogP contribution is -2.16. The van der Waals surface area contributed by atoms with Crippen LogP contribution in [0, 0.1) is 0 Å². The summed E-state index contributed by atoms with van der Waals surface area (Å²) in [5, 5.41) is 11.0. The molecule has 5 nitrogen and oxygen atoms in total. The van der Waals surface area contributed by atoms with Crippen molar-refractivity contribution in [3.8, 4) is 11.5 Å². The van der Waals surface area contributed by atoms with Gasteiger partial charge in [0.15, 0.2) is 11.5 Å². The molecular formula is C15H11Cl6N3O2. The van der Waals surface area contributed by atoms with Crippen LogP contribution in [0.2, 0.25) is 0 Å². The molecule has 1 aromatic carbocycles. The summed E-state index contributed by atoms with van der Waals surface area (Å²) in [6.07, 6.45) is 3.26. The predicted octanol–water partition coefficient (Wildman–Crippen LogP) is 5.71. The largest absolute Gasteiger partial charge is 0.493 e. The zero-order valence-electron chi connectivity index (χ0n) is 13.3. The number of nitrogens with zero attached hydrogens (tertiary/aromatic N) is 3. The third-order valence-corrected chi connectivity index (χ3v) is 4.26. The van der Waals surface area contributed by atoms with Crippen molar-refractivity contribution in [2.45, 2.75) is 7.59 Å². The van der Waals surface area contributed by atoms with Gasteiger partial charge in [0.05, 0.1) is 14.2 Å². The first-order valence-electron chi connectivity index (χ1n) is 6.85. The number of rotatable bonds is 4. The molecule has 26 heavy (non-hydrogen) atoms. The first-order valence-corrected chi connectivity index (χ1v) is 9.12. The quantitative estimate of drug-likeness (QED) is 0.528. The highest BCUT2D eigenvalue weighted by molar-refractivity contribution is 6.67. The van der Waals surface area contributed by atoms with Crippen LogP contribution in [-0.4, -0.2) is 29.6 Å². The molecule has 1 aromatic heterocycles. The van der Waals surface area contributed by atoms with E-state index in [1.165, 1.54) is 7.11 Å². The van der Waals surface area contributed by atoms with Crippen LogP contribution in [0.4, 0.5) is 0 Å².